The van der Waals surface area contributed by atoms with Gasteiger partial charge in [0, 0.05) is 18.7 Å². The van der Waals surface area contributed by atoms with Crippen molar-refractivity contribution >= 4 is 6.09 Å². The van der Waals surface area contributed by atoms with E-state index in [2.05, 4.69) is 4.98 Å². The number of hydroxylamine groups is 2. The lowest BCUT2D eigenvalue weighted by Gasteiger charge is -2.27. The molecule has 4 heterocycles. The number of nitrogens with one attached hydrogen (secondary N) is 1. The van der Waals surface area contributed by atoms with Crippen LogP contribution in [0.2, 0.25) is 0 Å². The first-order chi connectivity index (χ1) is 12.1. The summed E-state index contributed by atoms with van der Waals surface area (Å²) in [7, 11) is 0. The van der Waals surface area contributed by atoms with E-state index in [9.17, 15) is 19.5 Å². The van der Waals surface area contributed by atoms with E-state index >= 15 is 0 Å². The molecule has 11 heteroatoms. The summed E-state index contributed by atoms with van der Waals surface area (Å²) in [5.74, 6) is 0. The number of aromatic nitrogens is 2. The second-order valence-electron chi connectivity index (χ2n) is 5.98. The molecule has 0 aliphatic carbocycles. The van der Waals surface area contributed by atoms with Crippen molar-refractivity contribution in [3.8, 4) is 0 Å². The largest absolute Gasteiger partial charge is 0.439 e. The molecule has 5 atom stereocenters. The number of rotatable bonds is 4. The van der Waals surface area contributed by atoms with Crippen molar-refractivity contribution in [2.45, 2.75) is 43.6 Å². The molecule has 3 aliphatic rings. The summed E-state index contributed by atoms with van der Waals surface area (Å²) in [5, 5.41) is 10.5. The summed E-state index contributed by atoms with van der Waals surface area (Å²) in [6.45, 7) is 0.122. The van der Waals surface area contributed by atoms with Crippen LogP contribution in [0.3, 0.4) is 0 Å². The lowest BCUT2D eigenvalue weighted by Crippen LogP contribution is -2.45. The number of H-pyrrole nitrogens is 1. The Morgan fingerprint density at radius 1 is 1.36 bits per heavy atom. The monoisotopic (exact) mass is 355 g/mol. The molecule has 1 aromatic heterocycles. The molecule has 2 N–H and O–H groups in total. The minimum Gasteiger partial charge on any atom is -0.439 e. The topological polar surface area (TPSA) is 132 Å². The van der Waals surface area contributed by atoms with E-state index in [1.54, 1.807) is 0 Å². The van der Waals surface area contributed by atoms with Crippen LogP contribution in [0.1, 0.15) is 19.1 Å². The third kappa shape index (κ3) is 2.74. The third-order valence-corrected chi connectivity index (χ3v) is 4.42. The maximum absolute atomic E-state index is 12.2. The second-order valence-corrected chi connectivity index (χ2v) is 5.98. The average molecular weight is 355 g/mol. The molecule has 4 rings (SSSR count). The number of aliphatic hydroxyl groups excluding tert-OH is 1. The first-order valence-electron chi connectivity index (χ1n) is 7.94. The Morgan fingerprint density at radius 2 is 2.20 bits per heavy atom. The molecule has 0 spiro atoms. The van der Waals surface area contributed by atoms with Crippen molar-refractivity contribution in [1.82, 2.24) is 14.6 Å². The van der Waals surface area contributed by atoms with Gasteiger partial charge in [0.2, 0.25) is 0 Å². The van der Waals surface area contributed by atoms with Crippen LogP contribution in [0, 0.1) is 0 Å². The molecule has 11 nitrogen and oxygen atoms in total. The van der Waals surface area contributed by atoms with E-state index in [-0.39, 0.29) is 0 Å². The van der Waals surface area contributed by atoms with Crippen LogP contribution in [0.15, 0.2) is 21.9 Å². The Balaban J connectivity index is 1.67. The fraction of sp³-hybridized carbons (Fsp3) is 0.643. The van der Waals surface area contributed by atoms with Crippen LogP contribution in [0.25, 0.3) is 0 Å². The molecule has 3 saturated heterocycles. The van der Waals surface area contributed by atoms with Crippen molar-refractivity contribution < 1.29 is 28.9 Å². The fourth-order valence-electron chi connectivity index (χ4n) is 3.28. The zero-order valence-corrected chi connectivity index (χ0v) is 13.1. The van der Waals surface area contributed by atoms with Gasteiger partial charge in [-0.05, 0) is 6.42 Å². The van der Waals surface area contributed by atoms with E-state index in [4.69, 9.17) is 19.0 Å². The van der Waals surface area contributed by atoms with Gasteiger partial charge in [-0.15, -0.1) is 0 Å². The number of fused-ring (bicyclic) bond motifs is 1. The molecule has 0 radical (unpaired) electrons. The first kappa shape index (κ1) is 16.3. The highest BCUT2D eigenvalue weighted by Gasteiger charge is 2.58. The number of aromatic amines is 1. The first-order valence-corrected chi connectivity index (χ1v) is 7.94. The van der Waals surface area contributed by atoms with Crippen LogP contribution in [-0.4, -0.2) is 63.6 Å². The summed E-state index contributed by atoms with van der Waals surface area (Å²) >= 11 is 0. The zero-order valence-electron chi connectivity index (χ0n) is 13.1. The fourth-order valence-corrected chi connectivity index (χ4v) is 3.28. The minimum absolute atomic E-state index is 0.406. The van der Waals surface area contributed by atoms with Crippen molar-refractivity contribution in [2.24, 2.45) is 0 Å². The van der Waals surface area contributed by atoms with Crippen LogP contribution in [0.4, 0.5) is 4.79 Å². The Morgan fingerprint density at radius 3 is 2.88 bits per heavy atom. The van der Waals surface area contributed by atoms with Crippen molar-refractivity contribution in [1.29, 1.82) is 0 Å². The number of hydrogen-bond donors (Lipinski definition) is 2. The van der Waals surface area contributed by atoms with Gasteiger partial charge in [-0.3, -0.25) is 14.3 Å². The zero-order chi connectivity index (χ0) is 17.6. The highest BCUT2D eigenvalue weighted by molar-refractivity contribution is 5.69. The van der Waals surface area contributed by atoms with E-state index in [1.807, 2.05) is 0 Å². The standard InChI is InChI=1S/C14H17N3O8/c18-6-7-11-10(12(23-7)16-4-3-8(19)15-13(16)20)17(14(21)24-11)25-9-2-1-5-22-9/h3-4,7,9-12,18H,1-2,5-6H2,(H,15,19,20)/t7-,9?,10-,11-,12-/m1/s1. The summed E-state index contributed by atoms with van der Waals surface area (Å²) in [6, 6.07) is 0.354. The maximum Gasteiger partial charge on any atom is 0.435 e. The normalized spacial score (nSPS) is 34.4. The van der Waals surface area contributed by atoms with Gasteiger partial charge in [-0.1, -0.05) is 0 Å². The van der Waals surface area contributed by atoms with E-state index < -0.39 is 54.7 Å². The van der Waals surface area contributed by atoms with Crippen LogP contribution < -0.4 is 11.2 Å². The van der Waals surface area contributed by atoms with Gasteiger partial charge in [0.1, 0.15) is 12.1 Å². The van der Waals surface area contributed by atoms with Crippen LogP contribution >= 0.6 is 0 Å². The highest BCUT2D eigenvalue weighted by Crippen LogP contribution is 2.39. The predicted octanol–water partition coefficient (Wildman–Crippen LogP) is -1.32. The molecule has 1 amide bonds. The van der Waals surface area contributed by atoms with Crippen molar-refractivity contribution in [3.05, 3.63) is 33.1 Å². The Kier molecular flexibility index (Phi) is 4.07. The van der Waals surface area contributed by atoms with Crippen molar-refractivity contribution in [2.75, 3.05) is 13.2 Å². The number of carbonyl (C=O) groups is 1. The number of hydrogen-bond acceptors (Lipinski definition) is 8. The third-order valence-electron chi connectivity index (χ3n) is 4.42. The van der Waals surface area contributed by atoms with E-state index in [0.29, 0.717) is 13.0 Å². The molecule has 1 unspecified atom stereocenters. The molecule has 0 bridgehead atoms. The molecule has 136 valence electrons. The van der Waals surface area contributed by atoms with Gasteiger partial charge in [0.15, 0.2) is 18.6 Å². The predicted molar refractivity (Wildman–Crippen MR) is 78.3 cm³/mol. The average Bonchev–Trinajstić information content (AvgIpc) is 3.27. The minimum atomic E-state index is -0.987. The van der Waals surface area contributed by atoms with Crippen molar-refractivity contribution in [3.63, 3.8) is 0 Å². The van der Waals surface area contributed by atoms with Gasteiger partial charge in [-0.2, -0.15) is 5.06 Å². The maximum atomic E-state index is 12.2. The van der Waals surface area contributed by atoms with Gasteiger partial charge in [0.05, 0.1) is 13.2 Å². The SMILES string of the molecule is O=C1O[C@H]2[C@H]([C@H](n3ccc(=O)[nH]c3=O)O[C@@H]2CO)N1OC1CCCO1. The van der Waals surface area contributed by atoms with Gasteiger partial charge in [0.25, 0.3) is 5.56 Å². The Labute approximate surface area is 140 Å². The van der Waals surface area contributed by atoms with E-state index in [1.165, 1.54) is 6.20 Å². The summed E-state index contributed by atoms with van der Waals surface area (Å²) < 4.78 is 17.4. The van der Waals surface area contributed by atoms with E-state index in [0.717, 1.165) is 22.1 Å². The highest BCUT2D eigenvalue weighted by atomic mass is 16.8. The molecular formula is C14H17N3O8. The Hall–Kier alpha value is -2.21. The number of carbonyl (C=O) groups excluding carboxylic acids is 1. The summed E-state index contributed by atoms with van der Waals surface area (Å²) in [5.41, 5.74) is -1.26. The summed E-state index contributed by atoms with van der Waals surface area (Å²) in [4.78, 5) is 43.3. The lowest BCUT2D eigenvalue weighted by atomic mass is 10.1. The number of ether oxygens (including phenoxy) is 3. The smallest absolute Gasteiger partial charge is 0.435 e. The van der Waals surface area contributed by atoms with Gasteiger partial charge in [-0.25, -0.2) is 14.4 Å². The van der Waals surface area contributed by atoms with Gasteiger partial charge >= 0.3 is 11.8 Å². The molecule has 0 aromatic carbocycles. The Bertz CT molecular complexity index is 770. The quantitative estimate of drug-likeness (QED) is 0.680. The molecule has 3 fully saturated rings. The molecule has 0 saturated carbocycles. The van der Waals surface area contributed by atoms with Gasteiger partial charge < -0.3 is 19.3 Å². The molecular weight excluding hydrogens is 338 g/mol. The molecule has 3 aliphatic heterocycles. The number of amides is 1. The second kappa shape index (κ2) is 6.26. The number of aliphatic hydroxyl groups is 1. The molecule has 1 aromatic rings. The lowest BCUT2D eigenvalue weighted by molar-refractivity contribution is -0.256. The van der Waals surface area contributed by atoms with Crippen LogP contribution in [0.5, 0.6) is 0 Å². The molecule has 25 heavy (non-hydrogen) atoms. The number of nitrogens with zero attached hydrogens (tertiary/aromatic N) is 2. The van der Waals surface area contributed by atoms with Crippen LogP contribution in [-0.2, 0) is 19.0 Å². The summed E-state index contributed by atoms with van der Waals surface area (Å²) in [6.07, 6.45) is -1.27.